The van der Waals surface area contributed by atoms with Crippen LogP contribution in [0, 0.1) is 6.92 Å². The number of hydrogen-bond donors (Lipinski definition) is 0. The highest BCUT2D eigenvalue weighted by atomic mass is 32.1. The van der Waals surface area contributed by atoms with Crippen LogP contribution >= 0.6 is 11.3 Å². The fourth-order valence-electron chi connectivity index (χ4n) is 1.47. The van der Waals surface area contributed by atoms with Gasteiger partial charge in [0.05, 0.1) is 7.11 Å². The number of carbonyl (C=O) groups excluding carboxylic acids is 1. The number of carbonyl (C=O) groups is 1. The van der Waals surface area contributed by atoms with Gasteiger partial charge in [0.2, 0.25) is 0 Å². The molecule has 0 bridgehead atoms. The van der Waals surface area contributed by atoms with Gasteiger partial charge in [-0.15, -0.1) is 11.3 Å². The van der Waals surface area contributed by atoms with E-state index in [4.69, 9.17) is 4.74 Å². The van der Waals surface area contributed by atoms with Crippen molar-refractivity contribution in [3.63, 3.8) is 0 Å². The lowest BCUT2D eigenvalue weighted by Crippen LogP contribution is -2.00. The summed E-state index contributed by atoms with van der Waals surface area (Å²) < 4.78 is 4.74. The van der Waals surface area contributed by atoms with Gasteiger partial charge in [0, 0.05) is 23.5 Å². The highest BCUT2D eigenvalue weighted by Gasteiger charge is 2.18. The van der Waals surface area contributed by atoms with Crippen LogP contribution in [0.3, 0.4) is 0 Å². The second-order valence-corrected chi connectivity index (χ2v) is 4.12. The molecule has 0 spiro atoms. The molecule has 0 saturated carbocycles. The third kappa shape index (κ3) is 1.81. The first kappa shape index (κ1) is 10.8. The Hall–Kier alpha value is -1.75. The molecule has 0 aromatic carbocycles. The minimum absolute atomic E-state index is 0.322. The second kappa shape index (κ2) is 4.40. The van der Waals surface area contributed by atoms with E-state index in [2.05, 4.69) is 9.97 Å². The zero-order valence-electron chi connectivity index (χ0n) is 8.93. The molecule has 0 amide bonds. The Balaban J connectivity index is 2.56. The molecule has 2 heterocycles. The maximum atomic E-state index is 11.6. The first-order valence-corrected chi connectivity index (χ1v) is 5.53. The van der Waals surface area contributed by atoms with Crippen molar-refractivity contribution < 1.29 is 9.53 Å². The summed E-state index contributed by atoms with van der Waals surface area (Å²) in [4.78, 5) is 20.1. The summed E-state index contributed by atoms with van der Waals surface area (Å²) >= 11 is 1.37. The van der Waals surface area contributed by atoms with Gasteiger partial charge in [0.1, 0.15) is 11.2 Å². The summed E-state index contributed by atoms with van der Waals surface area (Å²) in [5, 5.41) is 1.93. The number of hydrogen-bond acceptors (Lipinski definition) is 5. The molecule has 2 rings (SSSR count). The third-order valence-electron chi connectivity index (χ3n) is 2.19. The van der Waals surface area contributed by atoms with Gasteiger partial charge in [0.15, 0.2) is 0 Å². The zero-order valence-corrected chi connectivity index (χ0v) is 9.75. The van der Waals surface area contributed by atoms with Crippen LogP contribution in [0.1, 0.15) is 15.2 Å². The quantitative estimate of drug-likeness (QED) is 0.748. The lowest BCUT2D eigenvalue weighted by atomic mass is 10.1. The monoisotopic (exact) mass is 234 g/mol. The zero-order chi connectivity index (χ0) is 11.5. The van der Waals surface area contributed by atoms with Gasteiger partial charge in [-0.1, -0.05) is 0 Å². The molecule has 4 nitrogen and oxygen atoms in total. The van der Waals surface area contributed by atoms with E-state index in [0.717, 1.165) is 16.7 Å². The van der Waals surface area contributed by atoms with Crippen molar-refractivity contribution in [3.8, 4) is 11.1 Å². The normalized spacial score (nSPS) is 10.1. The molecular weight excluding hydrogens is 224 g/mol. The average molecular weight is 234 g/mol. The van der Waals surface area contributed by atoms with E-state index in [1.165, 1.54) is 24.8 Å². The minimum atomic E-state index is -0.322. The van der Waals surface area contributed by atoms with Crippen LogP contribution in [-0.4, -0.2) is 23.0 Å². The summed E-state index contributed by atoms with van der Waals surface area (Å²) in [6, 6.07) is 0. The Labute approximate surface area is 96.9 Å². The number of aromatic nitrogens is 2. The van der Waals surface area contributed by atoms with E-state index < -0.39 is 0 Å². The highest BCUT2D eigenvalue weighted by Crippen LogP contribution is 2.31. The molecule has 0 radical (unpaired) electrons. The molecule has 5 heteroatoms. The lowest BCUT2D eigenvalue weighted by molar-refractivity contribution is 0.0607. The number of aryl methyl sites for hydroxylation is 1. The lowest BCUT2D eigenvalue weighted by Gasteiger charge is -2.03. The molecular formula is C11H10N2O2S. The summed E-state index contributed by atoms with van der Waals surface area (Å²) in [6.45, 7) is 1.95. The molecule has 2 aromatic rings. The highest BCUT2D eigenvalue weighted by molar-refractivity contribution is 7.12. The van der Waals surface area contributed by atoms with Crippen molar-refractivity contribution in [1.29, 1.82) is 0 Å². The third-order valence-corrected chi connectivity index (χ3v) is 3.27. The van der Waals surface area contributed by atoms with Crippen molar-refractivity contribution in [2.45, 2.75) is 6.92 Å². The van der Waals surface area contributed by atoms with Crippen LogP contribution in [0.4, 0.5) is 0 Å². The fraction of sp³-hybridized carbons (Fsp3) is 0.182. The summed E-state index contributed by atoms with van der Waals surface area (Å²) in [7, 11) is 1.38. The van der Waals surface area contributed by atoms with Crippen molar-refractivity contribution in [1.82, 2.24) is 9.97 Å². The molecule has 0 aliphatic heterocycles. The van der Waals surface area contributed by atoms with Gasteiger partial charge in [-0.25, -0.2) is 14.8 Å². The Morgan fingerprint density at radius 2 is 2.06 bits per heavy atom. The molecule has 0 aliphatic rings. The molecule has 0 saturated heterocycles. The van der Waals surface area contributed by atoms with E-state index in [1.807, 2.05) is 12.3 Å². The van der Waals surface area contributed by atoms with Crippen molar-refractivity contribution in [3.05, 3.63) is 34.5 Å². The second-order valence-electron chi connectivity index (χ2n) is 3.24. The summed E-state index contributed by atoms with van der Waals surface area (Å²) in [5.74, 6) is -0.322. The van der Waals surface area contributed by atoms with Crippen LogP contribution in [0.5, 0.6) is 0 Å². The van der Waals surface area contributed by atoms with Gasteiger partial charge in [-0.2, -0.15) is 0 Å². The topological polar surface area (TPSA) is 52.1 Å². The predicted molar refractivity (Wildman–Crippen MR) is 61.4 cm³/mol. The van der Waals surface area contributed by atoms with Gasteiger partial charge in [-0.05, 0) is 17.9 Å². The molecule has 2 aromatic heterocycles. The van der Waals surface area contributed by atoms with Gasteiger partial charge < -0.3 is 4.74 Å². The first-order valence-electron chi connectivity index (χ1n) is 4.66. The van der Waals surface area contributed by atoms with Crippen LogP contribution < -0.4 is 0 Å². The molecule has 16 heavy (non-hydrogen) atoms. The van der Waals surface area contributed by atoms with Crippen molar-refractivity contribution >= 4 is 17.3 Å². The van der Waals surface area contributed by atoms with E-state index >= 15 is 0 Å². The smallest absolute Gasteiger partial charge is 0.348 e. The van der Waals surface area contributed by atoms with Gasteiger partial charge >= 0.3 is 5.97 Å². The standard InChI is InChI=1S/C11H10N2O2S/c1-7-5-16-10(11(14)15-2)9(7)8-3-12-6-13-4-8/h3-6H,1-2H3. The van der Waals surface area contributed by atoms with Crippen molar-refractivity contribution in [2.24, 2.45) is 0 Å². The molecule has 0 aliphatic carbocycles. The van der Waals surface area contributed by atoms with E-state index in [9.17, 15) is 4.79 Å². The number of esters is 1. The maximum Gasteiger partial charge on any atom is 0.348 e. The Kier molecular flexibility index (Phi) is 2.96. The van der Waals surface area contributed by atoms with Gasteiger partial charge in [-0.3, -0.25) is 0 Å². The molecule has 0 atom stereocenters. The SMILES string of the molecule is COC(=O)c1scc(C)c1-c1cncnc1. The summed E-state index contributed by atoms with van der Waals surface area (Å²) in [5.41, 5.74) is 2.72. The fourth-order valence-corrected chi connectivity index (χ4v) is 2.46. The van der Waals surface area contributed by atoms with E-state index in [0.29, 0.717) is 4.88 Å². The first-order chi connectivity index (χ1) is 7.74. The molecule has 0 N–H and O–H groups in total. The number of thiophene rings is 1. The number of rotatable bonds is 2. The minimum Gasteiger partial charge on any atom is -0.465 e. The van der Waals surface area contributed by atoms with Crippen LogP contribution in [0.2, 0.25) is 0 Å². The molecule has 0 unspecified atom stereocenters. The average Bonchev–Trinajstić information content (AvgIpc) is 2.71. The Bertz CT molecular complexity index is 508. The number of ether oxygens (including phenoxy) is 1. The Morgan fingerprint density at radius 3 is 2.69 bits per heavy atom. The number of nitrogens with zero attached hydrogens (tertiary/aromatic N) is 2. The number of methoxy groups -OCH3 is 1. The van der Waals surface area contributed by atoms with Crippen LogP contribution in [0.25, 0.3) is 11.1 Å². The van der Waals surface area contributed by atoms with Crippen molar-refractivity contribution in [2.75, 3.05) is 7.11 Å². The predicted octanol–water partition coefficient (Wildman–Crippen LogP) is 2.30. The Morgan fingerprint density at radius 1 is 1.38 bits per heavy atom. The largest absolute Gasteiger partial charge is 0.465 e. The van der Waals surface area contributed by atoms with E-state index in [1.54, 1.807) is 12.4 Å². The van der Waals surface area contributed by atoms with Crippen LogP contribution in [-0.2, 0) is 4.74 Å². The molecule has 0 fully saturated rings. The maximum absolute atomic E-state index is 11.6. The summed E-state index contributed by atoms with van der Waals surface area (Å²) in [6.07, 6.45) is 4.84. The van der Waals surface area contributed by atoms with E-state index in [-0.39, 0.29) is 5.97 Å². The van der Waals surface area contributed by atoms with Crippen LogP contribution in [0.15, 0.2) is 24.1 Å². The molecule has 82 valence electrons. The van der Waals surface area contributed by atoms with Gasteiger partial charge in [0.25, 0.3) is 0 Å².